The van der Waals surface area contributed by atoms with E-state index in [9.17, 15) is 4.79 Å². The van der Waals surface area contributed by atoms with Crippen LogP contribution in [0.3, 0.4) is 0 Å². The average Bonchev–Trinajstić information content (AvgIpc) is 2.97. The number of rotatable bonds is 3. The molecule has 0 saturated carbocycles. The van der Waals surface area contributed by atoms with Gasteiger partial charge in [0.05, 0.1) is 0 Å². The highest BCUT2D eigenvalue weighted by Gasteiger charge is 2.19. The summed E-state index contributed by atoms with van der Waals surface area (Å²) in [6.07, 6.45) is 0. The minimum absolute atomic E-state index is 0.163. The van der Waals surface area contributed by atoms with Crippen molar-refractivity contribution in [2.24, 2.45) is 0 Å². The molecule has 1 N–H and O–H groups in total. The number of halogens is 1. The molecule has 0 bridgehead atoms. The average molecular weight is 284 g/mol. The lowest BCUT2D eigenvalue weighted by Gasteiger charge is -2.01. The summed E-state index contributed by atoms with van der Waals surface area (Å²) < 4.78 is 0. The van der Waals surface area contributed by atoms with Crippen LogP contribution in [0.25, 0.3) is 11.3 Å². The van der Waals surface area contributed by atoms with Gasteiger partial charge in [-0.25, -0.2) is 0 Å². The van der Waals surface area contributed by atoms with E-state index in [-0.39, 0.29) is 5.78 Å². The number of hydrogen-bond acceptors (Lipinski definition) is 3. The van der Waals surface area contributed by atoms with Gasteiger partial charge >= 0.3 is 0 Å². The number of aromatic nitrogens is 3. The highest BCUT2D eigenvalue weighted by atomic mass is 35.5. The van der Waals surface area contributed by atoms with Gasteiger partial charge in [0.1, 0.15) is 5.69 Å². The van der Waals surface area contributed by atoms with E-state index in [1.54, 1.807) is 24.3 Å². The summed E-state index contributed by atoms with van der Waals surface area (Å²) >= 11 is 5.86. The van der Waals surface area contributed by atoms with Crippen LogP contribution >= 0.6 is 11.6 Å². The molecule has 2 aromatic carbocycles. The van der Waals surface area contributed by atoms with Gasteiger partial charge in [0.25, 0.3) is 0 Å². The van der Waals surface area contributed by atoms with Gasteiger partial charge in [0, 0.05) is 16.1 Å². The SMILES string of the molecule is O=C(c1ccccc1)c1n[nH]nc1-c1ccc(Cl)cc1. The summed E-state index contributed by atoms with van der Waals surface area (Å²) in [7, 11) is 0. The van der Waals surface area contributed by atoms with E-state index in [1.807, 2.05) is 30.3 Å². The normalized spacial score (nSPS) is 10.4. The maximum atomic E-state index is 12.4. The van der Waals surface area contributed by atoms with E-state index in [0.29, 0.717) is 22.0 Å². The van der Waals surface area contributed by atoms with Gasteiger partial charge in [-0.05, 0) is 12.1 Å². The van der Waals surface area contributed by atoms with Crippen LogP contribution in [0, 0.1) is 0 Å². The van der Waals surface area contributed by atoms with Crippen molar-refractivity contribution >= 4 is 17.4 Å². The Morgan fingerprint density at radius 3 is 2.35 bits per heavy atom. The maximum absolute atomic E-state index is 12.4. The molecule has 1 aromatic heterocycles. The van der Waals surface area contributed by atoms with Crippen molar-refractivity contribution in [2.45, 2.75) is 0 Å². The van der Waals surface area contributed by atoms with E-state index in [4.69, 9.17) is 11.6 Å². The quantitative estimate of drug-likeness (QED) is 0.750. The molecular formula is C15H10ClN3O. The van der Waals surface area contributed by atoms with Crippen LogP contribution in [0.15, 0.2) is 54.6 Å². The summed E-state index contributed by atoms with van der Waals surface area (Å²) in [4.78, 5) is 12.4. The molecular weight excluding hydrogens is 274 g/mol. The van der Waals surface area contributed by atoms with E-state index in [0.717, 1.165) is 5.56 Å². The topological polar surface area (TPSA) is 58.6 Å². The molecule has 0 aliphatic heterocycles. The Labute approximate surface area is 120 Å². The van der Waals surface area contributed by atoms with Crippen molar-refractivity contribution in [3.63, 3.8) is 0 Å². The number of hydrogen-bond donors (Lipinski definition) is 1. The smallest absolute Gasteiger partial charge is 0.215 e. The predicted molar refractivity (Wildman–Crippen MR) is 76.7 cm³/mol. The third-order valence-electron chi connectivity index (χ3n) is 2.92. The zero-order valence-electron chi connectivity index (χ0n) is 10.4. The second-order valence-electron chi connectivity index (χ2n) is 4.22. The molecule has 0 spiro atoms. The van der Waals surface area contributed by atoms with Crippen LogP contribution in [0.4, 0.5) is 0 Å². The Hall–Kier alpha value is -2.46. The van der Waals surface area contributed by atoms with Crippen LogP contribution in [0.2, 0.25) is 5.02 Å². The third-order valence-corrected chi connectivity index (χ3v) is 3.17. The molecule has 0 saturated heterocycles. The minimum Gasteiger partial charge on any atom is -0.287 e. The maximum Gasteiger partial charge on any atom is 0.215 e. The summed E-state index contributed by atoms with van der Waals surface area (Å²) in [6, 6.07) is 16.1. The lowest BCUT2D eigenvalue weighted by Crippen LogP contribution is -2.03. The highest BCUT2D eigenvalue weighted by molar-refractivity contribution is 6.30. The van der Waals surface area contributed by atoms with Crippen LogP contribution in [-0.4, -0.2) is 21.2 Å². The van der Waals surface area contributed by atoms with Crippen molar-refractivity contribution in [3.8, 4) is 11.3 Å². The lowest BCUT2D eigenvalue weighted by atomic mass is 10.0. The van der Waals surface area contributed by atoms with Crippen molar-refractivity contribution < 1.29 is 4.79 Å². The monoisotopic (exact) mass is 283 g/mol. The summed E-state index contributed by atoms with van der Waals surface area (Å²) in [6.45, 7) is 0. The number of carbonyl (C=O) groups excluding carboxylic acids is 1. The minimum atomic E-state index is -0.163. The molecule has 3 rings (SSSR count). The Morgan fingerprint density at radius 1 is 0.950 bits per heavy atom. The molecule has 0 aliphatic rings. The molecule has 1 heterocycles. The number of carbonyl (C=O) groups is 1. The molecule has 0 aliphatic carbocycles. The molecule has 0 unspecified atom stereocenters. The fraction of sp³-hybridized carbons (Fsp3) is 0. The van der Waals surface area contributed by atoms with Crippen LogP contribution in [0.1, 0.15) is 16.1 Å². The number of nitrogens with one attached hydrogen (secondary N) is 1. The standard InChI is InChI=1S/C15H10ClN3O/c16-12-8-6-10(7-9-12)13-14(18-19-17-13)15(20)11-4-2-1-3-5-11/h1-9H,(H,17,18,19). The number of nitrogens with zero attached hydrogens (tertiary/aromatic N) is 2. The first-order chi connectivity index (χ1) is 9.75. The second kappa shape index (κ2) is 5.27. The molecule has 0 atom stereocenters. The molecule has 0 radical (unpaired) electrons. The number of aromatic amines is 1. The Kier molecular flexibility index (Phi) is 3.31. The second-order valence-corrected chi connectivity index (χ2v) is 4.66. The lowest BCUT2D eigenvalue weighted by molar-refractivity contribution is 0.103. The fourth-order valence-electron chi connectivity index (χ4n) is 1.92. The van der Waals surface area contributed by atoms with Gasteiger partial charge in [0.2, 0.25) is 5.78 Å². The Morgan fingerprint density at radius 2 is 1.65 bits per heavy atom. The molecule has 5 heteroatoms. The first-order valence-electron chi connectivity index (χ1n) is 6.02. The first kappa shape index (κ1) is 12.6. The van der Waals surface area contributed by atoms with E-state index in [2.05, 4.69) is 15.4 Å². The molecule has 3 aromatic rings. The predicted octanol–water partition coefficient (Wildman–Crippen LogP) is 3.36. The third kappa shape index (κ3) is 2.33. The summed E-state index contributed by atoms with van der Waals surface area (Å²) in [5.41, 5.74) is 2.20. The highest BCUT2D eigenvalue weighted by Crippen LogP contribution is 2.23. The van der Waals surface area contributed by atoms with Gasteiger partial charge in [0.15, 0.2) is 5.69 Å². The van der Waals surface area contributed by atoms with Crippen LogP contribution in [0.5, 0.6) is 0 Å². The number of H-pyrrole nitrogens is 1. The fourth-order valence-corrected chi connectivity index (χ4v) is 2.05. The molecule has 20 heavy (non-hydrogen) atoms. The molecule has 4 nitrogen and oxygen atoms in total. The molecule has 98 valence electrons. The van der Waals surface area contributed by atoms with Crippen LogP contribution < -0.4 is 0 Å². The van der Waals surface area contributed by atoms with Crippen LogP contribution in [-0.2, 0) is 0 Å². The van der Waals surface area contributed by atoms with E-state index < -0.39 is 0 Å². The largest absolute Gasteiger partial charge is 0.287 e. The van der Waals surface area contributed by atoms with Gasteiger partial charge in [-0.3, -0.25) is 4.79 Å². The van der Waals surface area contributed by atoms with Crippen molar-refractivity contribution in [2.75, 3.05) is 0 Å². The molecule has 0 fully saturated rings. The van der Waals surface area contributed by atoms with Crippen molar-refractivity contribution in [1.29, 1.82) is 0 Å². The molecule has 0 amide bonds. The number of benzene rings is 2. The van der Waals surface area contributed by atoms with Crippen molar-refractivity contribution in [1.82, 2.24) is 15.4 Å². The van der Waals surface area contributed by atoms with Gasteiger partial charge < -0.3 is 0 Å². The van der Waals surface area contributed by atoms with E-state index in [1.165, 1.54) is 0 Å². The summed E-state index contributed by atoms with van der Waals surface area (Å²) in [5.74, 6) is -0.163. The van der Waals surface area contributed by atoms with Gasteiger partial charge in [-0.15, -0.1) is 0 Å². The number of ketones is 1. The Bertz CT molecular complexity index is 735. The Balaban J connectivity index is 2.02. The zero-order chi connectivity index (χ0) is 13.9. The van der Waals surface area contributed by atoms with E-state index >= 15 is 0 Å². The summed E-state index contributed by atoms with van der Waals surface area (Å²) in [5, 5.41) is 11.2. The van der Waals surface area contributed by atoms with Gasteiger partial charge in [-0.1, -0.05) is 54.1 Å². The zero-order valence-corrected chi connectivity index (χ0v) is 11.1. The van der Waals surface area contributed by atoms with Crippen molar-refractivity contribution in [3.05, 3.63) is 70.9 Å². The van der Waals surface area contributed by atoms with Gasteiger partial charge in [-0.2, -0.15) is 15.4 Å². The first-order valence-corrected chi connectivity index (χ1v) is 6.40.